The first kappa shape index (κ1) is 19.0. The number of benzene rings is 4. The molecule has 0 aliphatic carbocycles. The number of hydrogen-bond acceptors (Lipinski definition) is 4. The van der Waals surface area contributed by atoms with Gasteiger partial charge in [-0.05, 0) is 47.0 Å². The standard InChI is InChI=1S/C30H16N2OS/c31-17-18-9-11-19(12-10-18)20-13-15-21(16-14-20)26-29-27(22-5-1-3-7-24(22)33-29)32-28-23-6-2-4-8-25(23)34-30(26)28/h1-16H. The molecule has 0 unspecified atom stereocenters. The van der Waals surface area contributed by atoms with Gasteiger partial charge in [-0.15, -0.1) is 11.3 Å². The van der Waals surface area contributed by atoms with E-state index in [-0.39, 0.29) is 0 Å². The number of aromatic nitrogens is 1. The minimum absolute atomic E-state index is 0.664. The van der Waals surface area contributed by atoms with Crippen LogP contribution < -0.4 is 0 Å². The summed E-state index contributed by atoms with van der Waals surface area (Å²) in [5.74, 6) is 0. The van der Waals surface area contributed by atoms with Crippen LogP contribution in [-0.2, 0) is 0 Å². The predicted octanol–water partition coefficient (Wildman–Crippen LogP) is 8.55. The van der Waals surface area contributed by atoms with E-state index in [0.29, 0.717) is 5.56 Å². The minimum atomic E-state index is 0.664. The van der Waals surface area contributed by atoms with Gasteiger partial charge in [-0.1, -0.05) is 66.7 Å². The molecule has 3 heterocycles. The Labute approximate surface area is 199 Å². The van der Waals surface area contributed by atoms with Crippen LogP contribution in [0, 0.1) is 11.3 Å². The van der Waals surface area contributed by atoms with Crippen molar-refractivity contribution in [1.82, 2.24) is 4.98 Å². The predicted molar refractivity (Wildman–Crippen MR) is 140 cm³/mol. The number of nitrogens with zero attached hydrogens (tertiary/aromatic N) is 2. The van der Waals surface area contributed by atoms with Gasteiger partial charge in [-0.3, -0.25) is 0 Å². The number of furan rings is 1. The van der Waals surface area contributed by atoms with Gasteiger partial charge < -0.3 is 4.42 Å². The van der Waals surface area contributed by atoms with Crippen LogP contribution in [0.4, 0.5) is 0 Å². The Morgan fingerprint density at radius 1 is 0.676 bits per heavy atom. The van der Waals surface area contributed by atoms with Gasteiger partial charge in [0.05, 0.1) is 21.8 Å². The zero-order valence-corrected chi connectivity index (χ0v) is 18.8. The summed E-state index contributed by atoms with van der Waals surface area (Å²) in [4.78, 5) is 5.11. The fourth-order valence-corrected chi connectivity index (χ4v) is 5.87. The number of para-hydroxylation sites is 1. The largest absolute Gasteiger partial charge is 0.454 e. The molecule has 7 aromatic rings. The van der Waals surface area contributed by atoms with E-state index >= 15 is 0 Å². The molecule has 3 aromatic heterocycles. The number of rotatable bonds is 2. The molecule has 0 saturated carbocycles. The molecule has 0 radical (unpaired) electrons. The van der Waals surface area contributed by atoms with Crippen LogP contribution in [0.25, 0.3) is 64.6 Å². The van der Waals surface area contributed by atoms with Crippen molar-refractivity contribution in [1.29, 1.82) is 5.26 Å². The van der Waals surface area contributed by atoms with Crippen molar-refractivity contribution in [3.63, 3.8) is 0 Å². The highest BCUT2D eigenvalue weighted by molar-refractivity contribution is 7.26. The first-order valence-corrected chi connectivity index (χ1v) is 11.9. The van der Waals surface area contributed by atoms with E-state index in [1.807, 2.05) is 42.5 Å². The Kier molecular flexibility index (Phi) is 4.08. The van der Waals surface area contributed by atoms with Gasteiger partial charge in [0.2, 0.25) is 0 Å². The minimum Gasteiger partial charge on any atom is -0.454 e. The van der Waals surface area contributed by atoms with Crippen LogP contribution in [0.2, 0.25) is 0 Å². The monoisotopic (exact) mass is 452 g/mol. The maximum atomic E-state index is 9.08. The van der Waals surface area contributed by atoms with E-state index in [4.69, 9.17) is 14.7 Å². The maximum absolute atomic E-state index is 9.08. The van der Waals surface area contributed by atoms with Crippen LogP contribution in [0.1, 0.15) is 5.56 Å². The Bertz CT molecular complexity index is 1810. The molecular weight excluding hydrogens is 436 g/mol. The summed E-state index contributed by atoms with van der Waals surface area (Å²) < 4.78 is 8.75. The first-order valence-electron chi connectivity index (χ1n) is 11.0. The Balaban J connectivity index is 1.51. The van der Waals surface area contributed by atoms with E-state index in [1.54, 1.807) is 11.3 Å². The average molecular weight is 453 g/mol. The van der Waals surface area contributed by atoms with Crippen LogP contribution in [0.15, 0.2) is 101 Å². The van der Waals surface area contributed by atoms with Crippen molar-refractivity contribution in [2.24, 2.45) is 0 Å². The van der Waals surface area contributed by atoms with Crippen LogP contribution in [0.5, 0.6) is 0 Å². The maximum Gasteiger partial charge on any atom is 0.163 e. The highest BCUT2D eigenvalue weighted by Gasteiger charge is 2.20. The van der Waals surface area contributed by atoms with Gasteiger partial charge in [-0.25, -0.2) is 4.98 Å². The summed E-state index contributed by atoms with van der Waals surface area (Å²) in [5, 5.41) is 11.3. The average Bonchev–Trinajstić information content (AvgIpc) is 3.46. The molecule has 4 heteroatoms. The molecular formula is C30H16N2OS. The van der Waals surface area contributed by atoms with Crippen molar-refractivity contribution < 1.29 is 4.42 Å². The molecule has 0 aliphatic rings. The van der Waals surface area contributed by atoms with Crippen molar-refractivity contribution in [2.75, 3.05) is 0 Å². The van der Waals surface area contributed by atoms with Crippen LogP contribution in [0.3, 0.4) is 0 Å². The lowest BCUT2D eigenvalue weighted by molar-refractivity contribution is 0.670. The second kappa shape index (κ2) is 7.28. The number of hydrogen-bond donors (Lipinski definition) is 0. The molecule has 0 bridgehead atoms. The summed E-state index contributed by atoms with van der Waals surface area (Å²) in [7, 11) is 0. The SMILES string of the molecule is N#Cc1ccc(-c2ccc(-c3c4oc5ccccc5c4nc4c3sc3ccccc34)cc2)cc1. The van der Waals surface area contributed by atoms with E-state index in [2.05, 4.69) is 60.7 Å². The Hall–Kier alpha value is -4.46. The second-order valence-corrected chi connectivity index (χ2v) is 9.36. The van der Waals surface area contributed by atoms with E-state index in [1.165, 1.54) is 10.1 Å². The fraction of sp³-hybridized carbons (Fsp3) is 0. The van der Waals surface area contributed by atoms with Gasteiger partial charge >= 0.3 is 0 Å². The zero-order chi connectivity index (χ0) is 22.6. The number of nitriles is 1. The smallest absolute Gasteiger partial charge is 0.163 e. The molecule has 0 atom stereocenters. The lowest BCUT2D eigenvalue weighted by Crippen LogP contribution is -1.85. The quantitative estimate of drug-likeness (QED) is 0.264. The molecule has 3 nitrogen and oxygen atoms in total. The van der Waals surface area contributed by atoms with Crippen LogP contribution in [-0.4, -0.2) is 4.98 Å². The molecule has 0 N–H and O–H groups in total. The fourth-order valence-electron chi connectivity index (χ4n) is 4.67. The van der Waals surface area contributed by atoms with Crippen molar-refractivity contribution >= 4 is 53.7 Å². The van der Waals surface area contributed by atoms with Crippen molar-refractivity contribution in [3.05, 3.63) is 103 Å². The van der Waals surface area contributed by atoms with E-state index in [9.17, 15) is 0 Å². The molecule has 7 rings (SSSR count). The first-order chi connectivity index (χ1) is 16.8. The second-order valence-electron chi connectivity index (χ2n) is 8.31. The summed E-state index contributed by atoms with van der Waals surface area (Å²) in [6, 6.07) is 35.0. The molecule has 34 heavy (non-hydrogen) atoms. The van der Waals surface area contributed by atoms with Gasteiger partial charge in [0, 0.05) is 21.0 Å². The molecule has 4 aromatic carbocycles. The number of thiophene rings is 1. The Morgan fingerprint density at radius 2 is 1.32 bits per heavy atom. The zero-order valence-electron chi connectivity index (χ0n) is 17.9. The van der Waals surface area contributed by atoms with E-state index < -0.39 is 0 Å². The van der Waals surface area contributed by atoms with Crippen molar-refractivity contribution in [2.45, 2.75) is 0 Å². The molecule has 0 fully saturated rings. The molecule has 0 amide bonds. The van der Waals surface area contributed by atoms with Gasteiger partial charge in [0.25, 0.3) is 0 Å². The summed E-state index contributed by atoms with van der Waals surface area (Å²) >= 11 is 1.76. The molecule has 0 aliphatic heterocycles. The Morgan fingerprint density at radius 3 is 2.09 bits per heavy atom. The number of pyridine rings is 1. The summed E-state index contributed by atoms with van der Waals surface area (Å²) in [5.41, 5.74) is 8.63. The number of fused-ring (bicyclic) bond motifs is 6. The highest BCUT2D eigenvalue weighted by atomic mass is 32.1. The molecule has 0 saturated heterocycles. The molecule has 0 spiro atoms. The third-order valence-corrected chi connectivity index (χ3v) is 7.51. The topological polar surface area (TPSA) is 49.8 Å². The molecule has 158 valence electrons. The summed E-state index contributed by atoms with van der Waals surface area (Å²) in [6.07, 6.45) is 0. The lowest BCUT2D eigenvalue weighted by Gasteiger charge is -2.07. The van der Waals surface area contributed by atoms with Gasteiger partial charge in [0.15, 0.2) is 5.58 Å². The van der Waals surface area contributed by atoms with E-state index in [0.717, 1.165) is 54.5 Å². The normalized spacial score (nSPS) is 11.5. The van der Waals surface area contributed by atoms with Gasteiger partial charge in [-0.2, -0.15) is 5.26 Å². The van der Waals surface area contributed by atoms with Gasteiger partial charge in [0.1, 0.15) is 11.1 Å². The highest BCUT2D eigenvalue weighted by Crippen LogP contribution is 2.45. The van der Waals surface area contributed by atoms with Crippen molar-refractivity contribution in [3.8, 4) is 28.3 Å². The van der Waals surface area contributed by atoms with Crippen LogP contribution >= 0.6 is 11.3 Å². The summed E-state index contributed by atoms with van der Waals surface area (Å²) in [6.45, 7) is 0. The third kappa shape index (κ3) is 2.78. The lowest BCUT2D eigenvalue weighted by atomic mass is 9.99. The third-order valence-electron chi connectivity index (χ3n) is 6.34.